The average Bonchev–Trinajstić information content (AvgIpc) is 3.32. The molecule has 0 saturated heterocycles. The lowest BCUT2D eigenvalue weighted by Gasteiger charge is -2.06. The Balaban J connectivity index is 1.26. The summed E-state index contributed by atoms with van der Waals surface area (Å²) in [6.45, 7) is 0.496. The number of fused-ring (bicyclic) bond motifs is 1. The molecule has 0 spiro atoms. The minimum atomic E-state index is -0.0300. The second-order valence-electron chi connectivity index (χ2n) is 6.34. The number of nitrogens with one attached hydrogen (secondary N) is 1. The summed E-state index contributed by atoms with van der Waals surface area (Å²) < 4.78 is 5.24. The van der Waals surface area contributed by atoms with Crippen LogP contribution in [0.1, 0.15) is 40.7 Å². The van der Waals surface area contributed by atoms with E-state index in [2.05, 4.69) is 20.4 Å². The predicted octanol–water partition coefficient (Wildman–Crippen LogP) is 3.32. The lowest BCUT2D eigenvalue weighted by molar-refractivity contribution is -0.121. The fourth-order valence-electron chi connectivity index (χ4n) is 3.03. The molecule has 0 fully saturated rings. The van der Waals surface area contributed by atoms with Crippen LogP contribution in [0.4, 0.5) is 0 Å². The van der Waals surface area contributed by atoms with Crippen molar-refractivity contribution < 1.29 is 9.32 Å². The molecule has 1 N–H and O–H groups in total. The van der Waals surface area contributed by atoms with Crippen molar-refractivity contribution in [1.29, 1.82) is 0 Å². The van der Waals surface area contributed by atoms with Gasteiger partial charge in [-0.15, -0.1) is 11.3 Å². The fourth-order valence-corrected chi connectivity index (χ4v) is 4.12. The number of amides is 1. The number of carbonyl (C=O) groups is 1. The molecule has 3 aromatic rings. The third-order valence-corrected chi connectivity index (χ3v) is 5.55. The maximum absolute atomic E-state index is 12.1. The van der Waals surface area contributed by atoms with E-state index in [9.17, 15) is 4.79 Å². The Hall–Kier alpha value is -2.54. The van der Waals surface area contributed by atoms with Crippen LogP contribution in [0.2, 0.25) is 0 Å². The first-order valence-corrected chi connectivity index (χ1v) is 9.72. The van der Waals surface area contributed by atoms with Gasteiger partial charge in [0.05, 0.1) is 12.2 Å². The minimum Gasteiger partial charge on any atom is -0.350 e. The van der Waals surface area contributed by atoms with Crippen LogP contribution in [0.5, 0.6) is 0 Å². The molecule has 1 aliphatic rings. The van der Waals surface area contributed by atoms with Crippen molar-refractivity contribution >= 4 is 17.2 Å². The largest absolute Gasteiger partial charge is 0.350 e. The van der Waals surface area contributed by atoms with Gasteiger partial charge in [0.2, 0.25) is 17.6 Å². The summed E-state index contributed by atoms with van der Waals surface area (Å²) in [7, 11) is 0. The summed E-state index contributed by atoms with van der Waals surface area (Å²) in [5.74, 6) is 0.996. The first-order chi connectivity index (χ1) is 12.8. The zero-order chi connectivity index (χ0) is 17.8. The molecular weight excluding hydrogens is 348 g/mol. The molecule has 134 valence electrons. The number of hydrogen-bond acceptors (Lipinski definition) is 6. The molecule has 0 radical (unpaired) electrons. The standard InChI is InChI=1S/C19H20N4O2S/c24-16(20-12-18-21-14-8-4-5-9-15(14)26-18)10-11-17-22-19(23-25-17)13-6-2-1-3-7-13/h1-3,6-7H,4-5,8-12H2,(H,20,24). The van der Waals surface area contributed by atoms with E-state index >= 15 is 0 Å². The van der Waals surface area contributed by atoms with Crippen molar-refractivity contribution in [3.05, 3.63) is 51.8 Å². The monoisotopic (exact) mass is 368 g/mol. The molecule has 0 aliphatic heterocycles. The number of hydrogen-bond donors (Lipinski definition) is 1. The van der Waals surface area contributed by atoms with Crippen molar-refractivity contribution in [1.82, 2.24) is 20.4 Å². The van der Waals surface area contributed by atoms with Crippen LogP contribution in [0.25, 0.3) is 11.4 Å². The van der Waals surface area contributed by atoms with E-state index in [1.807, 2.05) is 30.3 Å². The van der Waals surface area contributed by atoms with Gasteiger partial charge < -0.3 is 9.84 Å². The molecule has 0 bridgehead atoms. The molecule has 2 heterocycles. The lowest BCUT2D eigenvalue weighted by atomic mass is 10.0. The first kappa shape index (κ1) is 16.9. The summed E-state index contributed by atoms with van der Waals surface area (Å²) >= 11 is 1.73. The van der Waals surface area contributed by atoms with E-state index in [4.69, 9.17) is 4.52 Å². The van der Waals surface area contributed by atoms with Crippen LogP contribution < -0.4 is 5.32 Å². The Labute approximate surface area is 155 Å². The first-order valence-electron chi connectivity index (χ1n) is 8.90. The van der Waals surface area contributed by atoms with Crippen molar-refractivity contribution in [3.63, 3.8) is 0 Å². The molecule has 0 unspecified atom stereocenters. The third-order valence-electron chi connectivity index (χ3n) is 4.39. The Kier molecular flexibility index (Phi) is 5.06. The van der Waals surface area contributed by atoms with Crippen molar-refractivity contribution in [2.24, 2.45) is 0 Å². The van der Waals surface area contributed by atoms with Crippen LogP contribution in [0.15, 0.2) is 34.9 Å². The van der Waals surface area contributed by atoms with Crippen LogP contribution in [0.3, 0.4) is 0 Å². The van der Waals surface area contributed by atoms with Crippen LogP contribution in [0, 0.1) is 0 Å². The van der Waals surface area contributed by atoms with E-state index in [-0.39, 0.29) is 5.91 Å². The molecular formula is C19H20N4O2S. The topological polar surface area (TPSA) is 80.9 Å². The zero-order valence-electron chi connectivity index (χ0n) is 14.4. The van der Waals surface area contributed by atoms with Gasteiger partial charge in [-0.05, 0) is 25.7 Å². The fraction of sp³-hybridized carbons (Fsp3) is 0.368. The molecule has 6 nitrogen and oxygen atoms in total. The quantitative estimate of drug-likeness (QED) is 0.722. The third kappa shape index (κ3) is 3.99. The molecule has 1 aliphatic carbocycles. The predicted molar refractivity (Wildman–Crippen MR) is 98.7 cm³/mol. The molecule has 4 rings (SSSR count). The molecule has 2 aromatic heterocycles. The lowest BCUT2D eigenvalue weighted by Crippen LogP contribution is -2.23. The number of aromatic nitrogens is 3. The summed E-state index contributed by atoms with van der Waals surface area (Å²) in [6, 6.07) is 9.64. The normalized spacial score (nSPS) is 13.4. The van der Waals surface area contributed by atoms with Gasteiger partial charge in [-0.3, -0.25) is 4.79 Å². The maximum Gasteiger partial charge on any atom is 0.227 e. The second kappa shape index (κ2) is 7.78. The second-order valence-corrected chi connectivity index (χ2v) is 7.51. The van der Waals surface area contributed by atoms with Gasteiger partial charge in [0.15, 0.2) is 0 Å². The van der Waals surface area contributed by atoms with Gasteiger partial charge in [0.1, 0.15) is 5.01 Å². The minimum absolute atomic E-state index is 0.0300. The molecule has 7 heteroatoms. The average molecular weight is 368 g/mol. The highest BCUT2D eigenvalue weighted by Gasteiger charge is 2.16. The Bertz CT molecular complexity index is 865. The van der Waals surface area contributed by atoms with Crippen LogP contribution >= 0.6 is 11.3 Å². The number of nitrogens with zero attached hydrogens (tertiary/aromatic N) is 3. The van der Waals surface area contributed by atoms with E-state index in [1.165, 1.54) is 23.4 Å². The summed E-state index contributed by atoms with van der Waals surface area (Å²) in [5, 5.41) is 7.90. The molecule has 1 amide bonds. The number of aryl methyl sites for hydroxylation is 3. The highest BCUT2D eigenvalue weighted by molar-refractivity contribution is 7.11. The number of rotatable bonds is 6. The number of carbonyl (C=O) groups excluding carboxylic acids is 1. The van der Waals surface area contributed by atoms with E-state index in [0.717, 1.165) is 23.4 Å². The Morgan fingerprint density at radius 1 is 1.15 bits per heavy atom. The highest BCUT2D eigenvalue weighted by Crippen LogP contribution is 2.26. The van der Waals surface area contributed by atoms with Gasteiger partial charge in [0, 0.05) is 23.3 Å². The van der Waals surface area contributed by atoms with Crippen LogP contribution in [-0.2, 0) is 30.6 Å². The van der Waals surface area contributed by atoms with Gasteiger partial charge in [-0.1, -0.05) is 35.5 Å². The van der Waals surface area contributed by atoms with E-state index in [0.29, 0.717) is 31.1 Å². The SMILES string of the molecule is O=C(CCc1nc(-c2ccccc2)no1)NCc1nc2c(s1)CCCC2. The summed E-state index contributed by atoms with van der Waals surface area (Å²) in [5.41, 5.74) is 2.13. The van der Waals surface area contributed by atoms with Gasteiger partial charge in [-0.2, -0.15) is 4.98 Å². The smallest absolute Gasteiger partial charge is 0.227 e. The van der Waals surface area contributed by atoms with Gasteiger partial charge >= 0.3 is 0 Å². The number of benzene rings is 1. The van der Waals surface area contributed by atoms with Gasteiger partial charge in [-0.25, -0.2) is 4.98 Å². The summed E-state index contributed by atoms with van der Waals surface area (Å²) in [6.07, 6.45) is 5.41. The van der Waals surface area contributed by atoms with Crippen molar-refractivity contribution in [3.8, 4) is 11.4 Å². The highest BCUT2D eigenvalue weighted by atomic mass is 32.1. The Morgan fingerprint density at radius 2 is 2.00 bits per heavy atom. The van der Waals surface area contributed by atoms with Gasteiger partial charge in [0.25, 0.3) is 0 Å². The van der Waals surface area contributed by atoms with E-state index < -0.39 is 0 Å². The molecule has 0 atom stereocenters. The molecule has 1 aromatic carbocycles. The molecule has 26 heavy (non-hydrogen) atoms. The van der Waals surface area contributed by atoms with E-state index in [1.54, 1.807) is 11.3 Å². The number of thiazole rings is 1. The Morgan fingerprint density at radius 3 is 2.85 bits per heavy atom. The van der Waals surface area contributed by atoms with Crippen molar-refractivity contribution in [2.75, 3.05) is 0 Å². The van der Waals surface area contributed by atoms with Crippen LogP contribution in [-0.4, -0.2) is 21.0 Å². The van der Waals surface area contributed by atoms with Crippen molar-refractivity contribution in [2.45, 2.75) is 45.1 Å². The summed E-state index contributed by atoms with van der Waals surface area (Å²) in [4.78, 5) is 22.5. The zero-order valence-corrected chi connectivity index (χ0v) is 15.2. The molecule has 0 saturated carbocycles. The maximum atomic E-state index is 12.1.